The topological polar surface area (TPSA) is 35.0 Å². The van der Waals surface area contributed by atoms with Crippen molar-refractivity contribution in [3.8, 4) is 11.6 Å². The molecule has 0 N–H and O–H groups in total. The zero-order chi connectivity index (χ0) is 12.3. The molecule has 88 valence electrons. The van der Waals surface area contributed by atoms with Crippen molar-refractivity contribution in [2.24, 2.45) is 0 Å². The third-order valence-corrected chi connectivity index (χ3v) is 2.79. The Morgan fingerprint density at radius 3 is 2.65 bits per heavy atom. The zero-order valence-electron chi connectivity index (χ0n) is 8.53. The SMILES string of the molecule is ClCc1cc(Oc2cncc(Cl)c2)ncc1Cl. The highest BCUT2D eigenvalue weighted by atomic mass is 35.5. The van der Waals surface area contributed by atoms with Crippen molar-refractivity contribution in [2.45, 2.75) is 5.88 Å². The molecule has 0 radical (unpaired) electrons. The zero-order valence-corrected chi connectivity index (χ0v) is 10.8. The molecule has 0 saturated carbocycles. The van der Waals surface area contributed by atoms with Gasteiger partial charge in [-0.25, -0.2) is 4.98 Å². The van der Waals surface area contributed by atoms with Gasteiger partial charge in [0.05, 0.1) is 16.2 Å². The number of aromatic nitrogens is 2. The number of hydrogen-bond donors (Lipinski definition) is 0. The van der Waals surface area contributed by atoms with Crippen molar-refractivity contribution in [3.05, 3.63) is 46.3 Å². The average molecular weight is 290 g/mol. The summed E-state index contributed by atoms with van der Waals surface area (Å²) in [5.74, 6) is 1.20. The van der Waals surface area contributed by atoms with E-state index in [0.717, 1.165) is 5.56 Å². The largest absolute Gasteiger partial charge is 0.437 e. The van der Waals surface area contributed by atoms with Crippen LogP contribution in [0.5, 0.6) is 11.6 Å². The van der Waals surface area contributed by atoms with Gasteiger partial charge in [0.1, 0.15) is 5.75 Å². The van der Waals surface area contributed by atoms with Gasteiger partial charge in [-0.15, -0.1) is 11.6 Å². The van der Waals surface area contributed by atoms with Gasteiger partial charge < -0.3 is 4.74 Å². The molecule has 0 atom stereocenters. The van der Waals surface area contributed by atoms with Crippen LogP contribution in [0.25, 0.3) is 0 Å². The first-order valence-corrected chi connectivity index (χ1v) is 5.97. The minimum absolute atomic E-state index is 0.297. The van der Waals surface area contributed by atoms with Crippen LogP contribution < -0.4 is 4.74 Å². The molecule has 0 spiro atoms. The highest BCUT2D eigenvalue weighted by molar-refractivity contribution is 6.32. The summed E-state index contributed by atoms with van der Waals surface area (Å²) in [6.07, 6.45) is 4.56. The van der Waals surface area contributed by atoms with Gasteiger partial charge >= 0.3 is 0 Å². The van der Waals surface area contributed by atoms with Gasteiger partial charge in [-0.05, 0) is 5.56 Å². The van der Waals surface area contributed by atoms with Gasteiger partial charge in [0, 0.05) is 30.4 Å². The molecule has 0 bridgehead atoms. The Bertz CT molecular complexity index is 534. The van der Waals surface area contributed by atoms with E-state index in [-0.39, 0.29) is 0 Å². The van der Waals surface area contributed by atoms with E-state index in [0.29, 0.717) is 27.6 Å². The molecule has 3 nitrogen and oxygen atoms in total. The Kier molecular flexibility index (Phi) is 4.05. The standard InChI is InChI=1S/C11H7Cl3N2O/c12-3-7-1-11(16-6-10(7)14)17-9-2-8(13)4-15-5-9/h1-2,4-6H,3H2. The molecule has 17 heavy (non-hydrogen) atoms. The summed E-state index contributed by atoms with van der Waals surface area (Å²) >= 11 is 17.4. The number of hydrogen-bond acceptors (Lipinski definition) is 3. The molecule has 0 aliphatic rings. The number of nitrogens with zero attached hydrogens (tertiary/aromatic N) is 2. The molecule has 0 unspecified atom stereocenters. The lowest BCUT2D eigenvalue weighted by molar-refractivity contribution is 0.460. The quantitative estimate of drug-likeness (QED) is 0.790. The highest BCUT2D eigenvalue weighted by Gasteiger charge is 2.05. The maximum Gasteiger partial charge on any atom is 0.219 e. The third-order valence-electron chi connectivity index (χ3n) is 1.96. The van der Waals surface area contributed by atoms with E-state index >= 15 is 0 Å². The molecule has 0 amide bonds. The lowest BCUT2D eigenvalue weighted by Crippen LogP contribution is -1.91. The Hall–Kier alpha value is -1.03. The first-order valence-electron chi connectivity index (χ1n) is 4.68. The first-order chi connectivity index (χ1) is 8.19. The van der Waals surface area contributed by atoms with Crippen LogP contribution in [0.1, 0.15) is 5.56 Å². The molecule has 2 heterocycles. The van der Waals surface area contributed by atoms with Gasteiger partial charge in [-0.3, -0.25) is 4.98 Å². The summed E-state index contributed by atoms with van der Waals surface area (Å²) in [7, 11) is 0. The van der Waals surface area contributed by atoms with Crippen LogP contribution >= 0.6 is 34.8 Å². The van der Waals surface area contributed by atoms with Crippen molar-refractivity contribution in [1.82, 2.24) is 9.97 Å². The molecule has 2 rings (SSSR count). The fourth-order valence-corrected chi connectivity index (χ4v) is 1.81. The van der Waals surface area contributed by atoms with Crippen LogP contribution in [-0.4, -0.2) is 9.97 Å². The number of ether oxygens (including phenoxy) is 1. The smallest absolute Gasteiger partial charge is 0.219 e. The van der Waals surface area contributed by atoms with Crippen molar-refractivity contribution in [1.29, 1.82) is 0 Å². The molecule has 0 saturated heterocycles. The molecular formula is C11H7Cl3N2O. The van der Waals surface area contributed by atoms with E-state index in [1.165, 1.54) is 12.4 Å². The normalized spacial score (nSPS) is 10.3. The van der Waals surface area contributed by atoms with Crippen LogP contribution in [0.2, 0.25) is 10.0 Å². The maximum atomic E-state index is 5.89. The minimum atomic E-state index is 0.297. The number of pyridine rings is 2. The molecule has 0 aliphatic heterocycles. The monoisotopic (exact) mass is 288 g/mol. The molecule has 2 aromatic heterocycles. The van der Waals surface area contributed by atoms with E-state index in [1.807, 2.05) is 0 Å². The van der Waals surface area contributed by atoms with Crippen LogP contribution in [0.3, 0.4) is 0 Å². The lowest BCUT2D eigenvalue weighted by atomic mass is 10.3. The fraction of sp³-hybridized carbons (Fsp3) is 0.0909. The van der Waals surface area contributed by atoms with Crippen LogP contribution in [-0.2, 0) is 5.88 Å². The summed E-state index contributed by atoms with van der Waals surface area (Å²) in [5.41, 5.74) is 0.758. The summed E-state index contributed by atoms with van der Waals surface area (Å²) in [6, 6.07) is 3.32. The molecule has 0 aliphatic carbocycles. The summed E-state index contributed by atoms with van der Waals surface area (Å²) in [6.45, 7) is 0. The van der Waals surface area contributed by atoms with E-state index in [4.69, 9.17) is 39.5 Å². The maximum absolute atomic E-state index is 5.89. The Morgan fingerprint density at radius 1 is 1.12 bits per heavy atom. The fourth-order valence-electron chi connectivity index (χ4n) is 1.19. The highest BCUT2D eigenvalue weighted by Crippen LogP contribution is 2.25. The predicted molar refractivity (Wildman–Crippen MR) is 68.1 cm³/mol. The molecule has 0 aromatic carbocycles. The van der Waals surface area contributed by atoms with Gasteiger partial charge in [0.25, 0.3) is 0 Å². The van der Waals surface area contributed by atoms with Crippen LogP contribution in [0, 0.1) is 0 Å². The third kappa shape index (κ3) is 3.22. The Balaban J connectivity index is 2.24. The van der Waals surface area contributed by atoms with E-state index < -0.39 is 0 Å². The van der Waals surface area contributed by atoms with Gasteiger partial charge in [-0.1, -0.05) is 23.2 Å². The van der Waals surface area contributed by atoms with Crippen molar-refractivity contribution >= 4 is 34.8 Å². The first kappa shape index (κ1) is 12.4. The van der Waals surface area contributed by atoms with E-state index in [2.05, 4.69) is 9.97 Å². The number of rotatable bonds is 3. The van der Waals surface area contributed by atoms with Gasteiger partial charge in [0.2, 0.25) is 5.88 Å². The summed E-state index contributed by atoms with van der Waals surface area (Å²) in [4.78, 5) is 7.93. The van der Waals surface area contributed by atoms with Crippen molar-refractivity contribution < 1.29 is 4.74 Å². The number of halogens is 3. The second-order valence-electron chi connectivity index (χ2n) is 3.19. The molecular weight excluding hydrogens is 282 g/mol. The Labute approximate surface area is 113 Å². The van der Waals surface area contributed by atoms with Crippen molar-refractivity contribution in [2.75, 3.05) is 0 Å². The van der Waals surface area contributed by atoms with Crippen molar-refractivity contribution in [3.63, 3.8) is 0 Å². The summed E-state index contributed by atoms with van der Waals surface area (Å²) < 4.78 is 5.48. The molecule has 0 fully saturated rings. The lowest BCUT2D eigenvalue weighted by Gasteiger charge is -2.06. The molecule has 6 heteroatoms. The molecule has 2 aromatic rings. The van der Waals surface area contributed by atoms with Gasteiger partial charge in [-0.2, -0.15) is 0 Å². The number of alkyl halides is 1. The van der Waals surface area contributed by atoms with E-state index in [1.54, 1.807) is 18.3 Å². The predicted octanol–water partition coefficient (Wildman–Crippen LogP) is 4.31. The second kappa shape index (κ2) is 5.54. The van der Waals surface area contributed by atoms with Crippen LogP contribution in [0.15, 0.2) is 30.7 Å². The summed E-state index contributed by atoms with van der Waals surface area (Å²) in [5, 5.41) is 1.01. The van der Waals surface area contributed by atoms with Crippen LogP contribution in [0.4, 0.5) is 0 Å². The average Bonchev–Trinajstić information content (AvgIpc) is 2.32. The Morgan fingerprint density at radius 2 is 1.94 bits per heavy atom. The second-order valence-corrected chi connectivity index (χ2v) is 4.30. The minimum Gasteiger partial charge on any atom is -0.437 e. The van der Waals surface area contributed by atoms with E-state index in [9.17, 15) is 0 Å². The van der Waals surface area contributed by atoms with Gasteiger partial charge in [0.15, 0.2) is 0 Å².